The van der Waals surface area contributed by atoms with E-state index in [2.05, 4.69) is 27.5 Å². The van der Waals surface area contributed by atoms with Crippen molar-refractivity contribution in [3.05, 3.63) is 22.1 Å². The molecular weight excluding hydrogens is 436 g/mol. The second-order valence-electron chi connectivity index (χ2n) is 8.47. The highest BCUT2D eigenvalue weighted by molar-refractivity contribution is 5.87. The number of amides is 2. The number of aromatic nitrogens is 2. The molecule has 9 heteroatoms. The number of urea groups is 1. The van der Waals surface area contributed by atoms with Crippen LogP contribution in [-0.4, -0.2) is 62.7 Å². The van der Waals surface area contributed by atoms with Gasteiger partial charge < -0.3 is 19.5 Å². The van der Waals surface area contributed by atoms with Gasteiger partial charge in [-0.3, -0.25) is 15.1 Å². The maximum Gasteiger partial charge on any atom is 0.321 e. The van der Waals surface area contributed by atoms with Crippen LogP contribution < -0.4 is 16.2 Å². The van der Waals surface area contributed by atoms with Crippen molar-refractivity contribution < 1.29 is 19.0 Å². The Morgan fingerprint density at radius 3 is 2.12 bits per heavy atom. The molecule has 0 fully saturated rings. The van der Waals surface area contributed by atoms with Crippen LogP contribution in [0.15, 0.2) is 10.9 Å². The number of unbranched alkanes of at least 4 members (excludes halogenated alkanes) is 10. The maximum absolute atomic E-state index is 12.0. The largest absolute Gasteiger partial charge is 0.382 e. The molecule has 0 aromatic carbocycles. The summed E-state index contributed by atoms with van der Waals surface area (Å²) in [6, 6.07) is 1.07. The van der Waals surface area contributed by atoms with Crippen LogP contribution in [0.1, 0.15) is 83.2 Å². The summed E-state index contributed by atoms with van der Waals surface area (Å²) >= 11 is 0. The molecule has 0 aliphatic rings. The Bertz CT molecular complexity index is 684. The van der Waals surface area contributed by atoms with Crippen molar-refractivity contribution in [2.45, 2.75) is 84.0 Å². The van der Waals surface area contributed by atoms with Crippen molar-refractivity contribution in [3.8, 4) is 0 Å². The number of carbonyl (C=O) groups excluding carboxylic acids is 1. The molecule has 0 saturated carbocycles. The molecule has 0 spiro atoms. The number of H-pyrrole nitrogens is 1. The minimum absolute atomic E-state index is 0.163. The average molecular weight is 483 g/mol. The third-order valence-electron chi connectivity index (χ3n) is 5.40. The zero-order valence-electron chi connectivity index (χ0n) is 21.3. The van der Waals surface area contributed by atoms with Crippen LogP contribution in [0.2, 0.25) is 0 Å². The molecular formula is C25H46N4O5. The minimum atomic E-state index is -0.435. The fraction of sp³-hybridized carbons (Fsp3) is 0.800. The second kappa shape index (κ2) is 21.6. The van der Waals surface area contributed by atoms with E-state index in [1.165, 1.54) is 63.9 Å². The molecule has 0 unspecified atom stereocenters. The van der Waals surface area contributed by atoms with Crippen molar-refractivity contribution in [1.29, 1.82) is 0 Å². The van der Waals surface area contributed by atoms with E-state index < -0.39 is 6.03 Å². The van der Waals surface area contributed by atoms with Gasteiger partial charge in [0.15, 0.2) is 0 Å². The first-order chi connectivity index (χ1) is 16.7. The number of methoxy groups -OCH3 is 1. The van der Waals surface area contributed by atoms with Gasteiger partial charge >= 0.3 is 6.03 Å². The van der Waals surface area contributed by atoms with E-state index in [1.54, 1.807) is 7.11 Å². The van der Waals surface area contributed by atoms with Gasteiger partial charge in [-0.05, 0) is 12.8 Å². The number of hydrogen-bond donors (Lipinski definition) is 3. The average Bonchev–Trinajstić information content (AvgIpc) is 2.81. The van der Waals surface area contributed by atoms with Crippen LogP contribution in [0.5, 0.6) is 0 Å². The molecule has 0 aliphatic carbocycles. The third kappa shape index (κ3) is 17.5. The van der Waals surface area contributed by atoms with Crippen LogP contribution in [0.3, 0.4) is 0 Å². The van der Waals surface area contributed by atoms with Gasteiger partial charge in [0.1, 0.15) is 0 Å². The molecule has 3 N–H and O–H groups in total. The number of ether oxygens (including phenoxy) is 3. The zero-order chi connectivity index (χ0) is 24.7. The number of anilines is 1. The van der Waals surface area contributed by atoms with E-state index in [0.29, 0.717) is 45.3 Å². The van der Waals surface area contributed by atoms with E-state index in [-0.39, 0.29) is 11.5 Å². The summed E-state index contributed by atoms with van der Waals surface area (Å²) in [6.07, 6.45) is 14.8. The van der Waals surface area contributed by atoms with Gasteiger partial charge in [-0.1, -0.05) is 71.1 Å². The van der Waals surface area contributed by atoms with E-state index in [4.69, 9.17) is 14.2 Å². The number of aromatic amines is 1. The molecule has 196 valence electrons. The van der Waals surface area contributed by atoms with Gasteiger partial charge in [-0.2, -0.15) is 0 Å². The van der Waals surface area contributed by atoms with Crippen molar-refractivity contribution in [3.63, 3.8) is 0 Å². The van der Waals surface area contributed by atoms with Crippen LogP contribution in [-0.2, 0) is 20.6 Å². The monoisotopic (exact) mass is 482 g/mol. The first-order valence-corrected chi connectivity index (χ1v) is 12.9. The first kappa shape index (κ1) is 30.1. The summed E-state index contributed by atoms with van der Waals surface area (Å²) in [6.45, 7) is 4.97. The molecule has 1 aromatic rings. The Labute approximate surface area is 204 Å². The van der Waals surface area contributed by atoms with Gasteiger partial charge in [-0.15, -0.1) is 0 Å². The number of rotatable bonds is 22. The molecule has 9 nitrogen and oxygen atoms in total. The van der Waals surface area contributed by atoms with E-state index in [1.807, 2.05) is 0 Å². The van der Waals surface area contributed by atoms with Gasteiger partial charge in [0.25, 0.3) is 5.56 Å². The molecule has 1 rings (SSSR count). The quantitative estimate of drug-likeness (QED) is 0.211. The highest BCUT2D eigenvalue weighted by Gasteiger charge is 2.06. The van der Waals surface area contributed by atoms with Crippen molar-refractivity contribution in [2.75, 3.05) is 52.0 Å². The minimum Gasteiger partial charge on any atom is -0.382 e. The molecule has 0 radical (unpaired) electrons. The Balaban J connectivity index is 2.12. The second-order valence-corrected chi connectivity index (χ2v) is 8.47. The molecule has 1 aromatic heterocycles. The molecule has 0 saturated heterocycles. The topological polar surface area (TPSA) is 115 Å². The fourth-order valence-electron chi connectivity index (χ4n) is 3.52. The Hall–Kier alpha value is -1.97. The Morgan fingerprint density at radius 1 is 0.882 bits per heavy atom. The lowest BCUT2D eigenvalue weighted by atomic mass is 10.0. The number of hydrogen-bond acceptors (Lipinski definition) is 6. The van der Waals surface area contributed by atoms with Crippen molar-refractivity contribution in [2.24, 2.45) is 0 Å². The number of aryl methyl sites for hydroxylation is 1. The fourth-order valence-corrected chi connectivity index (χ4v) is 3.52. The van der Waals surface area contributed by atoms with Crippen LogP contribution in [0.25, 0.3) is 0 Å². The zero-order valence-corrected chi connectivity index (χ0v) is 21.3. The van der Waals surface area contributed by atoms with Gasteiger partial charge in [0, 0.05) is 25.4 Å². The first-order valence-electron chi connectivity index (χ1n) is 12.9. The predicted molar refractivity (Wildman–Crippen MR) is 136 cm³/mol. The summed E-state index contributed by atoms with van der Waals surface area (Å²) in [5.41, 5.74) is 0.437. The van der Waals surface area contributed by atoms with Gasteiger partial charge in [-0.25, -0.2) is 9.78 Å². The van der Waals surface area contributed by atoms with Crippen LogP contribution in [0, 0.1) is 0 Å². The van der Waals surface area contributed by atoms with Crippen molar-refractivity contribution >= 4 is 12.0 Å². The molecule has 2 amide bonds. The normalized spacial score (nSPS) is 11.0. The summed E-state index contributed by atoms with van der Waals surface area (Å²) in [5, 5.41) is 5.25. The van der Waals surface area contributed by atoms with Crippen molar-refractivity contribution in [1.82, 2.24) is 15.3 Å². The number of carbonyl (C=O) groups is 1. The smallest absolute Gasteiger partial charge is 0.321 e. The number of nitrogens with zero attached hydrogens (tertiary/aromatic N) is 1. The maximum atomic E-state index is 12.0. The number of nitrogens with one attached hydrogen (secondary N) is 3. The van der Waals surface area contributed by atoms with Crippen LogP contribution in [0.4, 0.5) is 10.7 Å². The lowest BCUT2D eigenvalue weighted by Crippen LogP contribution is -2.33. The highest BCUT2D eigenvalue weighted by Crippen LogP contribution is 2.12. The molecule has 0 bridgehead atoms. The third-order valence-corrected chi connectivity index (χ3v) is 5.40. The Morgan fingerprint density at radius 2 is 1.47 bits per heavy atom. The lowest BCUT2D eigenvalue weighted by molar-refractivity contribution is 0.0260. The van der Waals surface area contributed by atoms with E-state index in [9.17, 15) is 9.59 Å². The SMILES string of the molecule is CCCCCCCCCCCCCc1cc(=O)[nH]c(NC(=O)NCCOCCOCCOC)n1. The summed E-state index contributed by atoms with van der Waals surface area (Å²) in [5.74, 6) is 0.163. The standard InChI is InChI=1S/C25H46N4O5/c1-3-4-5-6-7-8-9-10-11-12-13-14-22-21-23(30)28-24(27-22)29-25(31)26-15-16-33-19-20-34-18-17-32-2/h21H,3-20H2,1-2H3,(H3,26,27,28,29,30,31). The van der Waals surface area contributed by atoms with Gasteiger partial charge in [0.05, 0.1) is 33.0 Å². The summed E-state index contributed by atoms with van der Waals surface area (Å²) < 4.78 is 15.5. The molecule has 0 atom stereocenters. The van der Waals surface area contributed by atoms with Crippen LogP contribution >= 0.6 is 0 Å². The molecule has 34 heavy (non-hydrogen) atoms. The molecule has 1 heterocycles. The Kier molecular flexibility index (Phi) is 19.1. The summed E-state index contributed by atoms with van der Waals surface area (Å²) in [7, 11) is 1.62. The molecule has 0 aliphatic heterocycles. The van der Waals surface area contributed by atoms with E-state index in [0.717, 1.165) is 19.3 Å². The van der Waals surface area contributed by atoms with Gasteiger partial charge in [0.2, 0.25) is 5.95 Å². The highest BCUT2D eigenvalue weighted by atomic mass is 16.5. The van der Waals surface area contributed by atoms with E-state index >= 15 is 0 Å². The lowest BCUT2D eigenvalue weighted by Gasteiger charge is -2.09. The summed E-state index contributed by atoms with van der Waals surface area (Å²) in [4.78, 5) is 30.9. The predicted octanol–water partition coefficient (Wildman–Crippen LogP) is 4.42.